The van der Waals surface area contributed by atoms with Gasteiger partial charge in [0, 0.05) is 6.61 Å². The first-order valence-electron chi connectivity index (χ1n) is 6.03. The zero-order valence-electron chi connectivity index (χ0n) is 10.9. The number of rotatable bonds is 3. The fourth-order valence-corrected chi connectivity index (χ4v) is 1.98. The molecule has 20 heavy (non-hydrogen) atoms. The third-order valence-corrected chi connectivity index (χ3v) is 2.94. The quantitative estimate of drug-likeness (QED) is 0.674. The summed E-state index contributed by atoms with van der Waals surface area (Å²) in [6, 6.07) is 12.7. The number of fused-ring (bicyclic) bond motifs is 1. The molecule has 2 aromatic carbocycles. The highest BCUT2D eigenvalue weighted by molar-refractivity contribution is 5.73. The topological polar surface area (TPSA) is 106 Å². The Bertz CT molecular complexity index is 691. The summed E-state index contributed by atoms with van der Waals surface area (Å²) >= 11 is 0. The van der Waals surface area contributed by atoms with Gasteiger partial charge >= 0.3 is 0 Å². The van der Waals surface area contributed by atoms with Crippen molar-refractivity contribution in [3.8, 4) is 11.4 Å². The highest BCUT2D eigenvalue weighted by Crippen LogP contribution is 2.23. The summed E-state index contributed by atoms with van der Waals surface area (Å²) < 4.78 is 0. The Morgan fingerprint density at radius 1 is 1.00 bits per heavy atom. The number of aromatic hydroxyl groups is 1. The van der Waals surface area contributed by atoms with E-state index in [0.717, 1.165) is 16.6 Å². The van der Waals surface area contributed by atoms with Crippen LogP contribution in [0.1, 0.15) is 5.56 Å². The van der Waals surface area contributed by atoms with Crippen molar-refractivity contribution < 1.29 is 10.2 Å². The molecule has 0 saturated heterocycles. The molecule has 0 radical (unpaired) electrons. The minimum absolute atomic E-state index is 0. The first kappa shape index (κ1) is 14.0. The Labute approximate surface area is 115 Å². The molecule has 1 aromatic heterocycles. The van der Waals surface area contributed by atoms with Gasteiger partial charge in [0.05, 0.1) is 0 Å². The van der Waals surface area contributed by atoms with Gasteiger partial charge < -0.3 is 16.4 Å². The SMILES string of the molecule is N.OCCc1ccc(O)c(-n2nc3ccccc3n2)c1. The van der Waals surface area contributed by atoms with Crippen LogP contribution in [0.2, 0.25) is 0 Å². The predicted octanol–water partition coefficient (Wildman–Crippen LogP) is 1.82. The number of nitrogens with zero attached hydrogens (tertiary/aromatic N) is 3. The normalized spacial score (nSPS) is 10.4. The number of phenolic OH excluding ortho intramolecular Hbond substituents is 1. The first-order chi connectivity index (χ1) is 9.28. The van der Waals surface area contributed by atoms with Gasteiger partial charge in [0.25, 0.3) is 0 Å². The predicted molar refractivity (Wildman–Crippen MR) is 76.3 cm³/mol. The lowest BCUT2D eigenvalue weighted by Crippen LogP contribution is -2.01. The smallest absolute Gasteiger partial charge is 0.143 e. The molecule has 6 heteroatoms. The van der Waals surface area contributed by atoms with Gasteiger partial charge in [-0.05, 0) is 36.2 Å². The largest absolute Gasteiger partial charge is 0.506 e. The molecule has 0 spiro atoms. The van der Waals surface area contributed by atoms with Crippen LogP contribution < -0.4 is 6.15 Å². The number of aliphatic hydroxyl groups excluding tert-OH is 1. The number of aromatic nitrogens is 3. The zero-order valence-corrected chi connectivity index (χ0v) is 10.9. The fraction of sp³-hybridized carbons (Fsp3) is 0.143. The molecule has 0 saturated carbocycles. The van der Waals surface area contributed by atoms with Crippen LogP contribution in [0.25, 0.3) is 16.7 Å². The number of benzene rings is 2. The van der Waals surface area contributed by atoms with E-state index in [1.54, 1.807) is 18.2 Å². The Morgan fingerprint density at radius 3 is 2.25 bits per heavy atom. The van der Waals surface area contributed by atoms with Crippen molar-refractivity contribution in [3.05, 3.63) is 48.0 Å². The van der Waals surface area contributed by atoms with Crippen LogP contribution in [-0.2, 0) is 6.42 Å². The van der Waals surface area contributed by atoms with Crippen LogP contribution >= 0.6 is 0 Å². The molecule has 6 nitrogen and oxygen atoms in total. The lowest BCUT2D eigenvalue weighted by Gasteiger charge is -2.05. The maximum atomic E-state index is 9.92. The minimum atomic E-state index is 0. The molecule has 5 N–H and O–H groups in total. The van der Waals surface area contributed by atoms with E-state index in [1.807, 2.05) is 24.3 Å². The summed E-state index contributed by atoms with van der Waals surface area (Å²) in [7, 11) is 0. The van der Waals surface area contributed by atoms with Crippen LogP contribution in [0, 0.1) is 0 Å². The molecular formula is C14H16N4O2. The van der Waals surface area contributed by atoms with Crippen LogP contribution in [0.3, 0.4) is 0 Å². The average Bonchev–Trinajstić information content (AvgIpc) is 2.85. The van der Waals surface area contributed by atoms with Gasteiger partial charge in [-0.3, -0.25) is 0 Å². The number of hydrogen-bond acceptors (Lipinski definition) is 5. The molecule has 104 valence electrons. The number of hydrogen-bond donors (Lipinski definition) is 3. The molecule has 0 fully saturated rings. The van der Waals surface area contributed by atoms with Gasteiger partial charge in [-0.1, -0.05) is 18.2 Å². The lowest BCUT2D eigenvalue weighted by molar-refractivity contribution is 0.299. The van der Waals surface area contributed by atoms with E-state index in [0.29, 0.717) is 12.1 Å². The Kier molecular flexibility index (Phi) is 3.97. The third kappa shape index (κ3) is 2.47. The second kappa shape index (κ2) is 5.68. The fourth-order valence-electron chi connectivity index (χ4n) is 1.98. The number of aliphatic hydroxyl groups is 1. The Hall–Kier alpha value is -2.44. The van der Waals surface area contributed by atoms with Crippen LogP contribution in [0.4, 0.5) is 0 Å². The van der Waals surface area contributed by atoms with E-state index >= 15 is 0 Å². The third-order valence-electron chi connectivity index (χ3n) is 2.94. The van der Waals surface area contributed by atoms with Crippen molar-refractivity contribution in [1.29, 1.82) is 0 Å². The Morgan fingerprint density at radius 2 is 1.65 bits per heavy atom. The molecule has 0 aliphatic rings. The molecule has 0 atom stereocenters. The summed E-state index contributed by atoms with van der Waals surface area (Å²) in [5.41, 5.74) is 2.99. The average molecular weight is 272 g/mol. The second-order valence-corrected chi connectivity index (χ2v) is 4.27. The number of phenols is 1. The van der Waals surface area contributed by atoms with Gasteiger partial charge in [-0.2, -0.15) is 0 Å². The minimum Gasteiger partial charge on any atom is -0.506 e. The summed E-state index contributed by atoms with van der Waals surface area (Å²) in [4.78, 5) is 1.42. The first-order valence-corrected chi connectivity index (χ1v) is 6.03. The maximum absolute atomic E-state index is 9.92. The van der Waals surface area contributed by atoms with Gasteiger partial charge in [0.1, 0.15) is 22.5 Å². The molecule has 1 heterocycles. The monoisotopic (exact) mass is 272 g/mol. The molecule has 3 aromatic rings. The standard InChI is InChI=1S/C14H13N3O2.H3N/c18-8-7-10-5-6-14(19)13(9-10)17-15-11-3-1-2-4-12(11)16-17;/h1-6,9,18-19H,7-8H2;1H3. The summed E-state index contributed by atoms with van der Waals surface area (Å²) in [5, 5.41) is 27.5. The molecule has 0 bridgehead atoms. The molecule has 0 aliphatic heterocycles. The van der Waals surface area contributed by atoms with Crippen molar-refractivity contribution in [2.24, 2.45) is 0 Å². The van der Waals surface area contributed by atoms with Gasteiger partial charge in [-0.25, -0.2) is 0 Å². The van der Waals surface area contributed by atoms with Gasteiger partial charge in [0.15, 0.2) is 0 Å². The molecule has 3 rings (SSSR count). The highest BCUT2D eigenvalue weighted by atomic mass is 16.3. The highest BCUT2D eigenvalue weighted by Gasteiger charge is 2.09. The van der Waals surface area contributed by atoms with E-state index in [9.17, 15) is 5.11 Å². The van der Waals surface area contributed by atoms with Crippen molar-refractivity contribution in [1.82, 2.24) is 21.1 Å². The van der Waals surface area contributed by atoms with Crippen molar-refractivity contribution in [2.75, 3.05) is 6.61 Å². The zero-order chi connectivity index (χ0) is 13.2. The molecular weight excluding hydrogens is 256 g/mol. The second-order valence-electron chi connectivity index (χ2n) is 4.27. The van der Waals surface area contributed by atoms with E-state index in [2.05, 4.69) is 10.2 Å². The van der Waals surface area contributed by atoms with E-state index in [-0.39, 0.29) is 18.5 Å². The van der Waals surface area contributed by atoms with E-state index in [4.69, 9.17) is 5.11 Å². The molecule has 0 unspecified atom stereocenters. The van der Waals surface area contributed by atoms with Gasteiger partial charge in [-0.15, -0.1) is 15.0 Å². The summed E-state index contributed by atoms with van der Waals surface area (Å²) in [6.45, 7) is 0.0682. The van der Waals surface area contributed by atoms with E-state index in [1.165, 1.54) is 4.80 Å². The van der Waals surface area contributed by atoms with Gasteiger partial charge in [0.2, 0.25) is 0 Å². The van der Waals surface area contributed by atoms with E-state index < -0.39 is 0 Å². The summed E-state index contributed by atoms with van der Waals surface area (Å²) in [5.74, 6) is 0.113. The van der Waals surface area contributed by atoms with Crippen LogP contribution in [-0.4, -0.2) is 31.8 Å². The summed E-state index contributed by atoms with van der Waals surface area (Å²) in [6.07, 6.45) is 0.536. The van der Waals surface area contributed by atoms with Crippen molar-refractivity contribution in [3.63, 3.8) is 0 Å². The maximum Gasteiger partial charge on any atom is 0.143 e. The van der Waals surface area contributed by atoms with Crippen molar-refractivity contribution in [2.45, 2.75) is 6.42 Å². The Balaban J connectivity index is 0.00000147. The van der Waals surface area contributed by atoms with Crippen LogP contribution in [0.5, 0.6) is 5.75 Å². The van der Waals surface area contributed by atoms with Crippen molar-refractivity contribution >= 4 is 11.0 Å². The molecule has 0 amide bonds. The van der Waals surface area contributed by atoms with Crippen LogP contribution in [0.15, 0.2) is 42.5 Å². The molecule has 0 aliphatic carbocycles. The lowest BCUT2D eigenvalue weighted by atomic mass is 10.1.